The molecular formula is C24H19N3O5. The monoisotopic (exact) mass is 429 g/mol. The van der Waals surface area contributed by atoms with Crippen LogP contribution >= 0.6 is 0 Å². The second-order valence-corrected chi connectivity index (χ2v) is 6.87. The summed E-state index contributed by atoms with van der Waals surface area (Å²) in [7, 11) is 0. The van der Waals surface area contributed by atoms with Crippen molar-refractivity contribution in [2.24, 2.45) is 5.10 Å². The zero-order chi connectivity index (χ0) is 22.5. The molecule has 0 saturated carbocycles. The minimum Gasteiger partial charge on any atom is -0.504 e. The van der Waals surface area contributed by atoms with Gasteiger partial charge in [-0.2, -0.15) is 5.10 Å². The van der Waals surface area contributed by atoms with Gasteiger partial charge >= 0.3 is 0 Å². The molecule has 160 valence electrons. The summed E-state index contributed by atoms with van der Waals surface area (Å²) >= 11 is 0. The van der Waals surface area contributed by atoms with Crippen molar-refractivity contribution in [3.05, 3.63) is 89.7 Å². The maximum Gasteiger partial charge on any atom is 0.271 e. The van der Waals surface area contributed by atoms with Crippen molar-refractivity contribution < 1.29 is 24.9 Å². The first-order valence-electron chi connectivity index (χ1n) is 9.65. The predicted molar refractivity (Wildman–Crippen MR) is 119 cm³/mol. The minimum atomic E-state index is -0.699. The van der Waals surface area contributed by atoms with Gasteiger partial charge in [-0.25, -0.2) is 5.43 Å². The maximum absolute atomic E-state index is 12.3. The van der Waals surface area contributed by atoms with Crippen LogP contribution < -0.4 is 10.2 Å². The average Bonchev–Trinajstić information content (AvgIpc) is 2.82. The fourth-order valence-electron chi connectivity index (χ4n) is 3.13. The molecule has 8 heteroatoms. The van der Waals surface area contributed by atoms with Gasteiger partial charge in [-0.1, -0.05) is 36.4 Å². The second kappa shape index (κ2) is 9.05. The molecule has 0 aliphatic heterocycles. The van der Waals surface area contributed by atoms with E-state index in [1.807, 2.05) is 54.6 Å². The lowest BCUT2D eigenvalue weighted by Gasteiger charge is -2.11. The smallest absolute Gasteiger partial charge is 0.271 e. The van der Waals surface area contributed by atoms with Crippen molar-refractivity contribution in [2.75, 3.05) is 0 Å². The zero-order valence-electron chi connectivity index (χ0n) is 16.8. The molecule has 8 nitrogen and oxygen atoms in total. The van der Waals surface area contributed by atoms with Crippen molar-refractivity contribution in [2.45, 2.75) is 6.61 Å². The molecule has 0 unspecified atom stereocenters. The number of benzene rings is 3. The topological polar surface area (TPSA) is 124 Å². The van der Waals surface area contributed by atoms with Crippen molar-refractivity contribution in [1.29, 1.82) is 0 Å². The fourth-order valence-corrected chi connectivity index (χ4v) is 3.13. The van der Waals surface area contributed by atoms with Crippen LogP contribution in [0.25, 0.3) is 10.8 Å². The van der Waals surface area contributed by atoms with Gasteiger partial charge in [0.05, 0.1) is 11.9 Å². The Morgan fingerprint density at radius 1 is 1.00 bits per heavy atom. The molecule has 0 radical (unpaired) electrons. The summed E-state index contributed by atoms with van der Waals surface area (Å²) in [6.07, 6.45) is 3.16. The van der Waals surface area contributed by atoms with Gasteiger partial charge in [0.15, 0.2) is 17.2 Å². The summed E-state index contributed by atoms with van der Waals surface area (Å²) in [5.41, 5.74) is 3.71. The molecule has 1 amide bonds. The van der Waals surface area contributed by atoms with Crippen LogP contribution in [0, 0.1) is 0 Å². The number of aromatic hydroxyl groups is 3. The summed E-state index contributed by atoms with van der Waals surface area (Å²) in [6, 6.07) is 19.1. The number of ether oxygens (including phenoxy) is 1. The van der Waals surface area contributed by atoms with Gasteiger partial charge in [-0.15, -0.1) is 0 Å². The Labute approximate surface area is 183 Å². The Hall–Kier alpha value is -4.59. The van der Waals surface area contributed by atoms with Crippen molar-refractivity contribution in [1.82, 2.24) is 10.4 Å². The van der Waals surface area contributed by atoms with Crippen LogP contribution in [0.1, 0.15) is 21.6 Å². The lowest BCUT2D eigenvalue weighted by molar-refractivity contribution is 0.0954. The molecule has 32 heavy (non-hydrogen) atoms. The lowest BCUT2D eigenvalue weighted by Crippen LogP contribution is -2.17. The summed E-state index contributed by atoms with van der Waals surface area (Å²) in [4.78, 5) is 16.6. The molecule has 4 N–H and O–H groups in total. The Bertz CT molecular complexity index is 1280. The number of nitrogens with zero attached hydrogens (tertiary/aromatic N) is 2. The molecular weight excluding hydrogens is 410 g/mol. The highest BCUT2D eigenvalue weighted by molar-refractivity contribution is 6.03. The van der Waals surface area contributed by atoms with E-state index in [9.17, 15) is 20.1 Å². The highest BCUT2D eigenvalue weighted by Gasteiger charge is 2.13. The van der Waals surface area contributed by atoms with Crippen molar-refractivity contribution in [3.63, 3.8) is 0 Å². The number of fused-ring (bicyclic) bond motifs is 1. The molecule has 3 aromatic carbocycles. The highest BCUT2D eigenvalue weighted by atomic mass is 16.5. The summed E-state index contributed by atoms with van der Waals surface area (Å²) in [5.74, 6) is -2.04. The van der Waals surface area contributed by atoms with E-state index < -0.39 is 23.2 Å². The van der Waals surface area contributed by atoms with E-state index in [1.54, 1.807) is 6.20 Å². The molecule has 0 spiro atoms. The molecule has 0 saturated heterocycles. The number of carbonyl (C=O) groups is 1. The molecule has 1 heterocycles. The van der Waals surface area contributed by atoms with Gasteiger partial charge in [0.25, 0.3) is 5.91 Å². The van der Waals surface area contributed by atoms with Gasteiger partial charge in [0, 0.05) is 17.3 Å². The molecule has 0 bridgehead atoms. The van der Waals surface area contributed by atoms with E-state index in [1.165, 1.54) is 6.21 Å². The first-order valence-corrected chi connectivity index (χ1v) is 9.65. The van der Waals surface area contributed by atoms with Crippen LogP contribution in [0.4, 0.5) is 0 Å². The van der Waals surface area contributed by atoms with Crippen LogP contribution in [-0.4, -0.2) is 32.4 Å². The molecule has 1 aromatic heterocycles. The van der Waals surface area contributed by atoms with E-state index in [0.29, 0.717) is 11.3 Å². The van der Waals surface area contributed by atoms with Gasteiger partial charge in [0.2, 0.25) is 0 Å². The Morgan fingerprint density at radius 3 is 2.50 bits per heavy atom. The molecule has 4 rings (SSSR count). The second-order valence-electron chi connectivity index (χ2n) is 6.87. The largest absolute Gasteiger partial charge is 0.504 e. The number of phenolic OH excluding ortho intramolecular Hbond substituents is 3. The van der Waals surface area contributed by atoms with E-state index in [0.717, 1.165) is 28.6 Å². The van der Waals surface area contributed by atoms with Crippen molar-refractivity contribution >= 4 is 22.9 Å². The summed E-state index contributed by atoms with van der Waals surface area (Å²) in [5, 5.41) is 34.5. The third-order valence-electron chi connectivity index (χ3n) is 4.72. The molecule has 0 atom stereocenters. The number of rotatable bonds is 6. The van der Waals surface area contributed by atoms with E-state index >= 15 is 0 Å². The predicted octanol–water partition coefficient (Wildman–Crippen LogP) is 3.69. The number of hydrazone groups is 1. The van der Waals surface area contributed by atoms with Gasteiger partial charge in [-0.3, -0.25) is 9.78 Å². The Kier molecular flexibility index (Phi) is 5.85. The maximum atomic E-state index is 12.3. The van der Waals surface area contributed by atoms with Crippen LogP contribution in [0.3, 0.4) is 0 Å². The third-order valence-corrected chi connectivity index (χ3v) is 4.72. The van der Waals surface area contributed by atoms with Gasteiger partial charge in [0.1, 0.15) is 12.4 Å². The van der Waals surface area contributed by atoms with Crippen LogP contribution in [0.15, 0.2) is 78.0 Å². The van der Waals surface area contributed by atoms with E-state index in [4.69, 9.17) is 4.74 Å². The van der Waals surface area contributed by atoms with E-state index in [-0.39, 0.29) is 12.2 Å². The standard InChI is InChI=1S/C24H19N3O5/c28-20-11-16(12-21(29)23(20)30)24(31)27-26-13-19-18-7-2-1-5-15(18)8-9-22(19)32-14-17-6-3-4-10-25-17/h1-13,28-30H,14H2,(H,27,31). The lowest BCUT2D eigenvalue weighted by atomic mass is 10.0. The van der Waals surface area contributed by atoms with Crippen LogP contribution in [-0.2, 0) is 6.61 Å². The Morgan fingerprint density at radius 2 is 1.75 bits per heavy atom. The minimum absolute atomic E-state index is 0.0699. The number of carbonyl (C=O) groups excluding carboxylic acids is 1. The first-order chi connectivity index (χ1) is 15.5. The van der Waals surface area contributed by atoms with Crippen LogP contribution in [0.2, 0.25) is 0 Å². The normalized spacial score (nSPS) is 11.0. The number of nitrogens with one attached hydrogen (secondary N) is 1. The van der Waals surface area contributed by atoms with E-state index in [2.05, 4.69) is 15.5 Å². The number of hydrogen-bond donors (Lipinski definition) is 4. The summed E-state index contributed by atoms with van der Waals surface area (Å²) < 4.78 is 5.96. The quantitative estimate of drug-likeness (QED) is 0.210. The zero-order valence-corrected chi connectivity index (χ0v) is 16.8. The number of amides is 1. The Balaban J connectivity index is 1.59. The molecule has 4 aromatic rings. The number of hydrogen-bond acceptors (Lipinski definition) is 7. The summed E-state index contributed by atoms with van der Waals surface area (Å²) in [6.45, 7) is 0.262. The number of aromatic nitrogens is 1. The highest BCUT2D eigenvalue weighted by Crippen LogP contribution is 2.35. The SMILES string of the molecule is O=C(NN=Cc1c(OCc2ccccn2)ccc2ccccc12)c1cc(O)c(O)c(O)c1. The number of pyridine rings is 1. The molecule has 0 fully saturated rings. The van der Waals surface area contributed by atoms with Crippen molar-refractivity contribution in [3.8, 4) is 23.0 Å². The first kappa shape index (κ1) is 20.7. The average molecular weight is 429 g/mol. The number of phenols is 3. The van der Waals surface area contributed by atoms with Gasteiger partial charge in [-0.05, 0) is 41.1 Å². The van der Waals surface area contributed by atoms with Gasteiger partial charge < -0.3 is 20.1 Å². The molecule has 0 aliphatic rings. The molecule has 0 aliphatic carbocycles. The van der Waals surface area contributed by atoms with Crippen LogP contribution in [0.5, 0.6) is 23.0 Å². The third kappa shape index (κ3) is 4.44. The fraction of sp³-hybridized carbons (Fsp3) is 0.0417.